The minimum atomic E-state index is -0.147. The average Bonchev–Trinajstić information content (AvgIpc) is 2.56. The van der Waals surface area contributed by atoms with Crippen molar-refractivity contribution in [3.63, 3.8) is 0 Å². The van der Waals surface area contributed by atoms with Crippen molar-refractivity contribution in [2.24, 2.45) is 0 Å². The number of hydrogen-bond donors (Lipinski definition) is 1. The number of halogens is 1. The topological polar surface area (TPSA) is 47.6 Å². The molecule has 0 radical (unpaired) electrons. The first-order valence-electron chi connectivity index (χ1n) is 8.01. The summed E-state index contributed by atoms with van der Waals surface area (Å²) in [5.41, 5.74) is 1.58. The molecule has 0 spiro atoms. The molecule has 1 amide bonds. The Bertz CT molecular complexity index is 703. The molecule has 2 rings (SSSR count). The highest BCUT2D eigenvalue weighted by Crippen LogP contribution is 2.30. The predicted octanol–water partition coefficient (Wildman–Crippen LogP) is 4.74. The van der Waals surface area contributed by atoms with E-state index in [0.717, 1.165) is 10.0 Å². The molecule has 0 aliphatic heterocycles. The van der Waals surface area contributed by atoms with E-state index in [1.807, 2.05) is 51.1 Å². The monoisotopic (exact) mass is 391 g/mol. The fraction of sp³-hybridized carbons (Fsp3) is 0.316. The summed E-state index contributed by atoms with van der Waals surface area (Å²) < 4.78 is 12.1. The Morgan fingerprint density at radius 1 is 1.08 bits per heavy atom. The molecule has 0 saturated heterocycles. The van der Waals surface area contributed by atoms with Gasteiger partial charge in [0.05, 0.1) is 19.3 Å². The molecule has 4 nitrogen and oxygen atoms in total. The number of benzene rings is 2. The van der Waals surface area contributed by atoms with Crippen LogP contribution in [0.5, 0.6) is 11.5 Å². The second-order valence-corrected chi connectivity index (χ2v) is 6.19. The van der Waals surface area contributed by atoms with Crippen LogP contribution in [0.15, 0.2) is 46.9 Å². The Morgan fingerprint density at radius 2 is 1.79 bits per heavy atom. The number of hydrogen-bond acceptors (Lipinski definition) is 3. The SMILES string of the molecule is CCOc1ccc(C(C)NC(=O)c2cccc(Br)c2)cc1OCC. The van der Waals surface area contributed by atoms with Crippen molar-refractivity contribution < 1.29 is 14.3 Å². The standard InChI is InChI=1S/C19H22BrNO3/c1-4-23-17-10-9-14(12-18(17)24-5-2)13(3)21-19(22)15-7-6-8-16(20)11-15/h6-13H,4-5H2,1-3H3,(H,21,22). The van der Waals surface area contributed by atoms with Crippen LogP contribution in [0.3, 0.4) is 0 Å². The molecule has 24 heavy (non-hydrogen) atoms. The molecule has 1 atom stereocenters. The highest BCUT2D eigenvalue weighted by atomic mass is 79.9. The highest BCUT2D eigenvalue weighted by Gasteiger charge is 2.14. The van der Waals surface area contributed by atoms with Gasteiger partial charge < -0.3 is 14.8 Å². The molecule has 2 aromatic carbocycles. The second-order valence-electron chi connectivity index (χ2n) is 5.28. The zero-order valence-electron chi connectivity index (χ0n) is 14.1. The molecule has 1 unspecified atom stereocenters. The van der Waals surface area contributed by atoms with Gasteiger partial charge in [0.25, 0.3) is 5.91 Å². The molecule has 0 bridgehead atoms. The third-order valence-electron chi connectivity index (χ3n) is 3.50. The van der Waals surface area contributed by atoms with Crippen LogP contribution < -0.4 is 14.8 Å². The minimum Gasteiger partial charge on any atom is -0.490 e. The van der Waals surface area contributed by atoms with E-state index in [-0.39, 0.29) is 11.9 Å². The van der Waals surface area contributed by atoms with Crippen LogP contribution >= 0.6 is 15.9 Å². The first kappa shape index (κ1) is 18.3. The summed E-state index contributed by atoms with van der Waals surface area (Å²) in [5.74, 6) is 1.30. The summed E-state index contributed by atoms with van der Waals surface area (Å²) in [6.45, 7) is 6.95. The van der Waals surface area contributed by atoms with Gasteiger partial charge in [-0.3, -0.25) is 4.79 Å². The molecule has 0 saturated carbocycles. The Hall–Kier alpha value is -2.01. The number of carbonyl (C=O) groups is 1. The fourth-order valence-corrected chi connectivity index (χ4v) is 2.73. The van der Waals surface area contributed by atoms with Gasteiger partial charge in [-0.05, 0) is 56.7 Å². The van der Waals surface area contributed by atoms with Crippen molar-refractivity contribution in [3.8, 4) is 11.5 Å². The maximum Gasteiger partial charge on any atom is 0.251 e. The van der Waals surface area contributed by atoms with E-state index < -0.39 is 0 Å². The van der Waals surface area contributed by atoms with Crippen LogP contribution in [0.1, 0.15) is 42.7 Å². The number of amides is 1. The molecule has 0 fully saturated rings. The summed E-state index contributed by atoms with van der Waals surface area (Å²) >= 11 is 3.38. The number of ether oxygens (including phenoxy) is 2. The zero-order valence-corrected chi connectivity index (χ0v) is 15.7. The Balaban J connectivity index is 2.15. The van der Waals surface area contributed by atoms with Crippen molar-refractivity contribution in [2.75, 3.05) is 13.2 Å². The van der Waals surface area contributed by atoms with Crippen LogP contribution in [-0.4, -0.2) is 19.1 Å². The van der Waals surface area contributed by atoms with E-state index in [2.05, 4.69) is 21.2 Å². The first-order valence-corrected chi connectivity index (χ1v) is 8.80. The molecule has 2 aromatic rings. The van der Waals surface area contributed by atoms with Gasteiger partial charge in [-0.1, -0.05) is 28.1 Å². The molecule has 0 aliphatic rings. The lowest BCUT2D eigenvalue weighted by atomic mass is 10.1. The van der Waals surface area contributed by atoms with Crippen molar-refractivity contribution in [2.45, 2.75) is 26.8 Å². The van der Waals surface area contributed by atoms with Crippen LogP contribution in [-0.2, 0) is 0 Å². The summed E-state index contributed by atoms with van der Waals surface area (Å²) in [6, 6.07) is 12.9. The van der Waals surface area contributed by atoms with Crippen molar-refractivity contribution in [3.05, 3.63) is 58.1 Å². The molecule has 0 aliphatic carbocycles. The predicted molar refractivity (Wildman–Crippen MR) is 98.8 cm³/mol. The summed E-state index contributed by atoms with van der Waals surface area (Å²) in [7, 11) is 0. The van der Waals surface area contributed by atoms with Crippen molar-refractivity contribution in [1.29, 1.82) is 0 Å². The second kappa shape index (κ2) is 8.73. The van der Waals surface area contributed by atoms with E-state index in [1.165, 1.54) is 0 Å². The van der Waals surface area contributed by atoms with E-state index in [0.29, 0.717) is 30.3 Å². The Morgan fingerprint density at radius 3 is 2.46 bits per heavy atom. The Kier molecular flexibility index (Phi) is 6.67. The Labute approximate surface area is 151 Å². The van der Waals surface area contributed by atoms with Crippen molar-refractivity contribution >= 4 is 21.8 Å². The molecule has 0 heterocycles. The van der Waals surface area contributed by atoms with E-state index in [9.17, 15) is 4.79 Å². The van der Waals surface area contributed by atoms with Gasteiger partial charge in [-0.15, -0.1) is 0 Å². The fourth-order valence-electron chi connectivity index (χ4n) is 2.33. The summed E-state index contributed by atoms with van der Waals surface area (Å²) in [6.07, 6.45) is 0. The van der Waals surface area contributed by atoms with E-state index in [1.54, 1.807) is 12.1 Å². The van der Waals surface area contributed by atoms with Crippen LogP contribution in [0.2, 0.25) is 0 Å². The van der Waals surface area contributed by atoms with Crippen LogP contribution in [0.4, 0.5) is 0 Å². The quantitative estimate of drug-likeness (QED) is 0.741. The maximum atomic E-state index is 12.4. The molecule has 0 aromatic heterocycles. The van der Waals surface area contributed by atoms with E-state index >= 15 is 0 Å². The molecule has 1 N–H and O–H groups in total. The maximum absolute atomic E-state index is 12.4. The molecular formula is C19H22BrNO3. The minimum absolute atomic E-state index is 0.115. The van der Waals surface area contributed by atoms with Gasteiger partial charge in [0.15, 0.2) is 11.5 Å². The van der Waals surface area contributed by atoms with Gasteiger partial charge in [0, 0.05) is 10.0 Å². The largest absolute Gasteiger partial charge is 0.490 e. The summed E-state index contributed by atoms with van der Waals surface area (Å²) in [4.78, 5) is 12.4. The van der Waals surface area contributed by atoms with Gasteiger partial charge in [0.1, 0.15) is 0 Å². The number of nitrogens with one attached hydrogen (secondary N) is 1. The van der Waals surface area contributed by atoms with E-state index in [4.69, 9.17) is 9.47 Å². The third kappa shape index (κ3) is 4.74. The van der Waals surface area contributed by atoms with Crippen LogP contribution in [0, 0.1) is 0 Å². The number of rotatable bonds is 7. The highest BCUT2D eigenvalue weighted by molar-refractivity contribution is 9.10. The van der Waals surface area contributed by atoms with Crippen LogP contribution in [0.25, 0.3) is 0 Å². The van der Waals surface area contributed by atoms with Gasteiger partial charge >= 0.3 is 0 Å². The zero-order chi connectivity index (χ0) is 17.5. The summed E-state index contributed by atoms with van der Waals surface area (Å²) in [5, 5.41) is 3.00. The van der Waals surface area contributed by atoms with Gasteiger partial charge in [0.2, 0.25) is 0 Å². The lowest BCUT2D eigenvalue weighted by Gasteiger charge is -2.17. The molecule has 5 heteroatoms. The lowest BCUT2D eigenvalue weighted by molar-refractivity contribution is 0.0939. The van der Waals surface area contributed by atoms with Gasteiger partial charge in [-0.25, -0.2) is 0 Å². The number of carbonyl (C=O) groups excluding carboxylic acids is 1. The average molecular weight is 392 g/mol. The normalized spacial score (nSPS) is 11.7. The smallest absolute Gasteiger partial charge is 0.251 e. The van der Waals surface area contributed by atoms with Gasteiger partial charge in [-0.2, -0.15) is 0 Å². The van der Waals surface area contributed by atoms with Crippen molar-refractivity contribution in [1.82, 2.24) is 5.32 Å². The first-order chi connectivity index (χ1) is 11.5. The molecule has 128 valence electrons. The third-order valence-corrected chi connectivity index (χ3v) is 4.00. The lowest BCUT2D eigenvalue weighted by Crippen LogP contribution is -2.26. The molecular weight excluding hydrogens is 370 g/mol.